The van der Waals surface area contributed by atoms with Gasteiger partial charge in [0.25, 0.3) is 0 Å². The second-order valence-corrected chi connectivity index (χ2v) is 11.9. The third-order valence-electron chi connectivity index (χ3n) is 5.94. The van der Waals surface area contributed by atoms with Crippen LogP contribution in [0.25, 0.3) is 31.0 Å². The minimum Gasteiger partial charge on any atom is -0.467 e. The zero-order valence-corrected chi connectivity index (χ0v) is 22.3. The highest BCUT2D eigenvalue weighted by Crippen LogP contribution is 2.43. The van der Waals surface area contributed by atoms with Crippen LogP contribution >= 0.6 is 22.7 Å². The number of fused-ring (bicyclic) bond motifs is 2. The summed E-state index contributed by atoms with van der Waals surface area (Å²) in [6, 6.07) is 6.30. The zero-order chi connectivity index (χ0) is 24.7. The van der Waals surface area contributed by atoms with Crippen LogP contribution in [0.3, 0.4) is 0 Å². The maximum atomic E-state index is 12.4. The largest absolute Gasteiger partial charge is 0.467 e. The van der Waals surface area contributed by atoms with Gasteiger partial charge in [0, 0.05) is 49.8 Å². The summed E-state index contributed by atoms with van der Waals surface area (Å²) >= 11 is 3.43. The molecule has 0 spiro atoms. The van der Waals surface area contributed by atoms with Crippen molar-refractivity contribution in [3.63, 3.8) is 0 Å². The molecule has 186 valence electrons. The lowest BCUT2D eigenvalue weighted by molar-refractivity contribution is 0.0205. The molecule has 4 heterocycles. The van der Waals surface area contributed by atoms with Gasteiger partial charge in [-0.25, -0.2) is 9.78 Å². The van der Waals surface area contributed by atoms with Gasteiger partial charge < -0.3 is 19.1 Å². The molecule has 1 aliphatic heterocycles. The number of nitrogens with zero attached hydrogens (tertiary/aromatic N) is 4. The Morgan fingerprint density at radius 2 is 1.94 bits per heavy atom. The number of carbonyl (C=O) groups excluding carboxylic acids is 1. The molecule has 0 atom stereocenters. The number of piperidine rings is 1. The van der Waals surface area contributed by atoms with Gasteiger partial charge in [-0.15, -0.1) is 22.7 Å². The van der Waals surface area contributed by atoms with E-state index in [2.05, 4.69) is 17.2 Å². The van der Waals surface area contributed by atoms with Gasteiger partial charge in [0.05, 0.1) is 15.8 Å². The molecule has 35 heavy (non-hydrogen) atoms. The number of thiazole rings is 1. The monoisotopic (exact) mass is 514 g/mol. The maximum Gasteiger partial charge on any atom is 0.410 e. The fraction of sp³-hybridized carbons (Fsp3) is 0.480. The summed E-state index contributed by atoms with van der Waals surface area (Å²) in [5.74, 6) is 1.16. The van der Waals surface area contributed by atoms with Gasteiger partial charge in [-0.05, 0) is 51.7 Å². The normalized spacial score (nSPS) is 15.3. The van der Waals surface area contributed by atoms with E-state index in [0.717, 1.165) is 52.2 Å². The minimum atomic E-state index is -0.467. The van der Waals surface area contributed by atoms with E-state index >= 15 is 0 Å². The molecule has 0 radical (unpaired) electrons. The molecule has 1 amide bonds. The number of amides is 1. The second kappa shape index (κ2) is 9.40. The van der Waals surface area contributed by atoms with Crippen molar-refractivity contribution in [3.05, 3.63) is 29.3 Å². The van der Waals surface area contributed by atoms with Gasteiger partial charge in [-0.3, -0.25) is 4.68 Å². The molecule has 0 saturated carbocycles. The van der Waals surface area contributed by atoms with E-state index in [1.807, 2.05) is 45.0 Å². The van der Waals surface area contributed by atoms with Crippen LogP contribution in [0.2, 0.25) is 0 Å². The first-order valence-electron chi connectivity index (χ1n) is 11.7. The van der Waals surface area contributed by atoms with Crippen LogP contribution < -0.4 is 4.74 Å². The standard InChI is InChI=1S/C25H30N4O4S2/c1-25(2,3)33-24(30)29-8-6-15(7-9-29)20-12-21-23(34-20)26-22(35-21)17-10-16-13-28(4)27-18(16)11-19(17)32-14-31-5/h10-13,15H,6-9,14H2,1-5H3. The first-order chi connectivity index (χ1) is 16.7. The highest BCUT2D eigenvalue weighted by atomic mass is 32.1. The van der Waals surface area contributed by atoms with Gasteiger partial charge in [0.15, 0.2) is 6.79 Å². The SMILES string of the molecule is COCOc1cc2nn(C)cc2cc1-c1nc2sc(C3CCN(C(=O)OC(C)(C)C)CC3)cc2s1. The smallest absolute Gasteiger partial charge is 0.410 e. The summed E-state index contributed by atoms with van der Waals surface area (Å²) in [5.41, 5.74) is 1.36. The van der Waals surface area contributed by atoms with E-state index in [1.165, 1.54) is 9.58 Å². The summed E-state index contributed by atoms with van der Waals surface area (Å²) < 4.78 is 19.5. The van der Waals surface area contributed by atoms with Crippen LogP contribution in [0.1, 0.15) is 44.4 Å². The molecule has 1 aromatic carbocycles. The number of benzene rings is 1. The molecule has 0 aliphatic carbocycles. The second-order valence-electron chi connectivity index (χ2n) is 9.84. The molecule has 4 aromatic rings. The summed E-state index contributed by atoms with van der Waals surface area (Å²) in [6.07, 6.45) is 3.65. The number of hydrogen-bond donors (Lipinski definition) is 0. The van der Waals surface area contributed by atoms with Crippen molar-refractivity contribution in [1.82, 2.24) is 19.7 Å². The summed E-state index contributed by atoms with van der Waals surface area (Å²) in [5, 5.41) is 6.46. The number of hydrogen-bond acceptors (Lipinski definition) is 8. The highest BCUT2D eigenvalue weighted by molar-refractivity contribution is 7.28. The van der Waals surface area contributed by atoms with E-state index in [0.29, 0.717) is 11.7 Å². The Balaban J connectivity index is 1.34. The van der Waals surface area contributed by atoms with Crippen LogP contribution in [0.5, 0.6) is 5.75 Å². The first kappa shape index (κ1) is 24.0. The molecule has 0 unspecified atom stereocenters. The number of aromatic nitrogens is 3. The molecular formula is C25H30N4O4S2. The van der Waals surface area contributed by atoms with Gasteiger partial charge in [0.1, 0.15) is 21.2 Å². The molecule has 5 rings (SSSR count). The molecular weight excluding hydrogens is 484 g/mol. The highest BCUT2D eigenvalue weighted by Gasteiger charge is 2.28. The van der Waals surface area contributed by atoms with Gasteiger partial charge in [-0.1, -0.05) is 0 Å². The Hall–Kier alpha value is -2.69. The average Bonchev–Trinajstić information content (AvgIpc) is 3.47. The quantitative estimate of drug-likeness (QED) is 0.304. The fourth-order valence-electron chi connectivity index (χ4n) is 4.33. The van der Waals surface area contributed by atoms with Crippen LogP contribution in [0.4, 0.5) is 4.79 Å². The van der Waals surface area contributed by atoms with Crippen LogP contribution in [-0.4, -0.2) is 58.4 Å². The van der Waals surface area contributed by atoms with Crippen molar-refractivity contribution in [2.24, 2.45) is 7.05 Å². The molecule has 3 aromatic heterocycles. The fourth-order valence-corrected chi connectivity index (χ4v) is 6.74. The molecule has 1 aliphatic rings. The number of thiophene rings is 1. The van der Waals surface area contributed by atoms with E-state index in [-0.39, 0.29) is 12.9 Å². The maximum absolute atomic E-state index is 12.4. The van der Waals surface area contributed by atoms with Crippen LogP contribution in [0, 0.1) is 0 Å². The summed E-state index contributed by atoms with van der Waals surface area (Å²) in [6.45, 7) is 7.30. The van der Waals surface area contributed by atoms with Crippen molar-refractivity contribution in [2.45, 2.75) is 45.1 Å². The Morgan fingerprint density at radius 1 is 1.17 bits per heavy atom. The lowest BCUT2D eigenvalue weighted by Crippen LogP contribution is -2.41. The summed E-state index contributed by atoms with van der Waals surface area (Å²) in [7, 11) is 3.52. The molecule has 1 fully saturated rings. The third-order valence-corrected chi connectivity index (χ3v) is 8.30. The predicted octanol–water partition coefficient (Wildman–Crippen LogP) is 6.01. The van der Waals surface area contributed by atoms with Crippen molar-refractivity contribution in [1.29, 1.82) is 0 Å². The van der Waals surface area contributed by atoms with Crippen molar-refractivity contribution in [3.8, 4) is 16.3 Å². The number of likely N-dealkylation sites (tertiary alicyclic amines) is 1. The topological polar surface area (TPSA) is 78.7 Å². The molecule has 10 heteroatoms. The number of aryl methyl sites for hydroxylation is 1. The Morgan fingerprint density at radius 3 is 2.63 bits per heavy atom. The Labute approximate surface area is 212 Å². The Bertz CT molecular complexity index is 1330. The van der Waals surface area contributed by atoms with Gasteiger partial charge in [-0.2, -0.15) is 5.10 Å². The molecule has 1 saturated heterocycles. The van der Waals surface area contributed by atoms with E-state index in [1.54, 1.807) is 34.5 Å². The Kier molecular flexibility index (Phi) is 6.45. The molecule has 8 nitrogen and oxygen atoms in total. The average molecular weight is 515 g/mol. The number of methoxy groups -OCH3 is 1. The van der Waals surface area contributed by atoms with Crippen molar-refractivity contribution >= 4 is 49.2 Å². The third kappa shape index (κ3) is 5.14. The van der Waals surface area contributed by atoms with Crippen LogP contribution in [0.15, 0.2) is 24.4 Å². The first-order valence-corrected chi connectivity index (χ1v) is 13.3. The molecule has 0 N–H and O–H groups in total. The zero-order valence-electron chi connectivity index (χ0n) is 20.7. The predicted molar refractivity (Wildman–Crippen MR) is 139 cm³/mol. The van der Waals surface area contributed by atoms with Gasteiger partial charge >= 0.3 is 6.09 Å². The van der Waals surface area contributed by atoms with Crippen molar-refractivity contribution in [2.75, 3.05) is 27.0 Å². The van der Waals surface area contributed by atoms with E-state index in [4.69, 9.17) is 19.2 Å². The van der Waals surface area contributed by atoms with Crippen LogP contribution in [-0.2, 0) is 16.5 Å². The lowest BCUT2D eigenvalue weighted by Gasteiger charge is -2.33. The summed E-state index contributed by atoms with van der Waals surface area (Å²) in [4.78, 5) is 21.6. The lowest BCUT2D eigenvalue weighted by atomic mass is 9.95. The minimum absolute atomic E-state index is 0.164. The molecule has 0 bridgehead atoms. The number of carbonyl (C=O) groups is 1. The van der Waals surface area contributed by atoms with E-state index in [9.17, 15) is 4.79 Å². The number of rotatable bonds is 5. The van der Waals surface area contributed by atoms with E-state index < -0.39 is 5.60 Å². The number of ether oxygens (including phenoxy) is 3. The van der Waals surface area contributed by atoms with Crippen molar-refractivity contribution < 1.29 is 19.0 Å². The van der Waals surface area contributed by atoms with Gasteiger partial charge in [0.2, 0.25) is 0 Å².